The molecule has 5 heteroatoms. The highest BCUT2D eigenvalue weighted by atomic mass is 32.2. The van der Waals surface area contributed by atoms with E-state index in [0.717, 1.165) is 12.2 Å². The summed E-state index contributed by atoms with van der Waals surface area (Å²) in [5.41, 5.74) is 6.39. The molecule has 88 valence electrons. The molecular weight excluding hydrogens is 222 g/mol. The standard InChI is InChI=1S/C11H17N3OS/c1-8(5-7-16-2)14-11(15)10-9(12)4-3-6-13-10/h3-4,6,8H,5,7,12H2,1-2H3,(H,14,15). The van der Waals surface area contributed by atoms with Gasteiger partial charge >= 0.3 is 0 Å². The van der Waals surface area contributed by atoms with Crippen LogP contribution in [0.25, 0.3) is 0 Å². The third kappa shape index (κ3) is 3.73. The van der Waals surface area contributed by atoms with E-state index in [4.69, 9.17) is 5.73 Å². The minimum absolute atomic E-state index is 0.140. The van der Waals surface area contributed by atoms with Gasteiger partial charge in [-0.3, -0.25) is 4.79 Å². The number of nitrogens with two attached hydrogens (primary N) is 1. The highest BCUT2D eigenvalue weighted by Gasteiger charge is 2.12. The van der Waals surface area contributed by atoms with Crippen molar-refractivity contribution in [1.29, 1.82) is 0 Å². The van der Waals surface area contributed by atoms with Crippen molar-refractivity contribution in [2.75, 3.05) is 17.7 Å². The first-order valence-electron chi connectivity index (χ1n) is 5.15. The van der Waals surface area contributed by atoms with Gasteiger partial charge < -0.3 is 11.1 Å². The molecule has 0 saturated carbocycles. The van der Waals surface area contributed by atoms with Crippen molar-refractivity contribution >= 4 is 23.4 Å². The molecule has 0 bridgehead atoms. The summed E-state index contributed by atoms with van der Waals surface area (Å²) in [5, 5.41) is 2.88. The Kier molecular flexibility index (Phi) is 5.11. The number of hydrogen-bond donors (Lipinski definition) is 2. The highest BCUT2D eigenvalue weighted by molar-refractivity contribution is 7.98. The lowest BCUT2D eigenvalue weighted by atomic mass is 10.2. The molecule has 0 radical (unpaired) electrons. The first-order valence-corrected chi connectivity index (χ1v) is 6.54. The Morgan fingerprint density at radius 1 is 1.69 bits per heavy atom. The number of nitrogens with one attached hydrogen (secondary N) is 1. The van der Waals surface area contributed by atoms with Gasteiger partial charge in [-0.05, 0) is 37.5 Å². The molecule has 0 spiro atoms. The van der Waals surface area contributed by atoms with E-state index in [1.54, 1.807) is 30.1 Å². The zero-order valence-electron chi connectivity index (χ0n) is 9.56. The first kappa shape index (κ1) is 12.8. The smallest absolute Gasteiger partial charge is 0.272 e. The van der Waals surface area contributed by atoms with Gasteiger partial charge in [0.2, 0.25) is 0 Å². The molecule has 1 heterocycles. The second-order valence-electron chi connectivity index (χ2n) is 3.60. The largest absolute Gasteiger partial charge is 0.397 e. The van der Waals surface area contributed by atoms with Gasteiger partial charge in [0.1, 0.15) is 0 Å². The van der Waals surface area contributed by atoms with E-state index in [0.29, 0.717) is 11.4 Å². The van der Waals surface area contributed by atoms with Crippen LogP contribution in [-0.4, -0.2) is 28.9 Å². The fraction of sp³-hybridized carbons (Fsp3) is 0.455. The number of pyridine rings is 1. The predicted octanol–water partition coefficient (Wildman–Crippen LogP) is 1.54. The van der Waals surface area contributed by atoms with Gasteiger partial charge in [-0.2, -0.15) is 11.8 Å². The molecule has 1 aromatic rings. The van der Waals surface area contributed by atoms with Gasteiger partial charge in [-0.1, -0.05) is 0 Å². The second-order valence-corrected chi connectivity index (χ2v) is 4.58. The summed E-state index contributed by atoms with van der Waals surface area (Å²) in [5.74, 6) is 0.825. The number of hydrogen-bond acceptors (Lipinski definition) is 4. The maximum absolute atomic E-state index is 11.8. The highest BCUT2D eigenvalue weighted by Crippen LogP contribution is 2.07. The van der Waals surface area contributed by atoms with Gasteiger partial charge in [0.25, 0.3) is 5.91 Å². The Bertz CT molecular complexity index is 357. The third-order valence-electron chi connectivity index (χ3n) is 2.19. The monoisotopic (exact) mass is 239 g/mol. The molecule has 0 aliphatic carbocycles. The fourth-order valence-corrected chi connectivity index (χ4v) is 1.86. The molecule has 1 rings (SSSR count). The van der Waals surface area contributed by atoms with Crippen molar-refractivity contribution in [3.05, 3.63) is 24.0 Å². The van der Waals surface area contributed by atoms with E-state index < -0.39 is 0 Å². The molecular formula is C11H17N3OS. The van der Waals surface area contributed by atoms with Crippen LogP contribution < -0.4 is 11.1 Å². The van der Waals surface area contributed by atoms with Crippen molar-refractivity contribution in [2.24, 2.45) is 0 Å². The first-order chi connectivity index (χ1) is 7.65. The molecule has 3 N–H and O–H groups in total. The number of amides is 1. The van der Waals surface area contributed by atoms with Crippen LogP contribution in [0.3, 0.4) is 0 Å². The van der Waals surface area contributed by atoms with E-state index in [9.17, 15) is 4.79 Å². The molecule has 1 aromatic heterocycles. The number of nitrogens with zero attached hydrogens (tertiary/aromatic N) is 1. The summed E-state index contributed by atoms with van der Waals surface area (Å²) in [6.45, 7) is 1.98. The van der Waals surface area contributed by atoms with Crippen molar-refractivity contribution in [1.82, 2.24) is 10.3 Å². The number of anilines is 1. The van der Waals surface area contributed by atoms with Crippen molar-refractivity contribution < 1.29 is 4.79 Å². The lowest BCUT2D eigenvalue weighted by Crippen LogP contribution is -2.33. The van der Waals surface area contributed by atoms with Gasteiger partial charge in [0.15, 0.2) is 5.69 Å². The van der Waals surface area contributed by atoms with E-state index in [1.165, 1.54) is 0 Å². The van der Waals surface area contributed by atoms with Crippen LogP contribution in [-0.2, 0) is 0 Å². The maximum atomic E-state index is 11.8. The zero-order valence-corrected chi connectivity index (χ0v) is 10.4. The molecule has 0 aliphatic heterocycles. The van der Waals surface area contributed by atoms with Crippen LogP contribution in [0.2, 0.25) is 0 Å². The Morgan fingerprint density at radius 3 is 3.06 bits per heavy atom. The molecule has 1 unspecified atom stereocenters. The fourth-order valence-electron chi connectivity index (χ4n) is 1.27. The minimum Gasteiger partial charge on any atom is -0.397 e. The lowest BCUT2D eigenvalue weighted by molar-refractivity contribution is 0.0935. The van der Waals surface area contributed by atoms with Crippen molar-refractivity contribution in [3.63, 3.8) is 0 Å². The van der Waals surface area contributed by atoms with Crippen LogP contribution >= 0.6 is 11.8 Å². The summed E-state index contributed by atoms with van der Waals surface area (Å²) in [4.78, 5) is 15.7. The third-order valence-corrected chi connectivity index (χ3v) is 2.83. The number of carbonyl (C=O) groups excluding carboxylic acids is 1. The van der Waals surface area contributed by atoms with Crippen LogP contribution in [0.1, 0.15) is 23.8 Å². The quantitative estimate of drug-likeness (QED) is 0.817. The molecule has 0 aromatic carbocycles. The number of aromatic nitrogens is 1. The molecule has 4 nitrogen and oxygen atoms in total. The summed E-state index contributed by atoms with van der Waals surface area (Å²) in [6, 6.07) is 3.53. The number of thioether (sulfide) groups is 1. The molecule has 1 atom stereocenters. The maximum Gasteiger partial charge on any atom is 0.272 e. The molecule has 0 aliphatic rings. The Morgan fingerprint density at radius 2 is 2.44 bits per heavy atom. The lowest BCUT2D eigenvalue weighted by Gasteiger charge is -2.13. The Hall–Kier alpha value is -1.23. The normalized spacial score (nSPS) is 12.1. The summed E-state index contributed by atoms with van der Waals surface area (Å²) >= 11 is 1.76. The molecule has 16 heavy (non-hydrogen) atoms. The van der Waals surface area contributed by atoms with Crippen LogP contribution in [0.4, 0.5) is 5.69 Å². The van der Waals surface area contributed by atoms with Gasteiger partial charge in [-0.15, -0.1) is 0 Å². The van der Waals surface area contributed by atoms with Gasteiger partial charge in [-0.25, -0.2) is 4.98 Å². The van der Waals surface area contributed by atoms with E-state index in [1.807, 2.05) is 13.2 Å². The summed E-state index contributed by atoms with van der Waals surface area (Å²) in [7, 11) is 0. The Labute approximate surface area is 100 Å². The predicted molar refractivity (Wildman–Crippen MR) is 68.6 cm³/mol. The Balaban J connectivity index is 2.56. The minimum atomic E-state index is -0.202. The molecule has 0 saturated heterocycles. The van der Waals surface area contributed by atoms with Crippen LogP contribution in [0, 0.1) is 0 Å². The molecule has 1 amide bonds. The molecule has 0 fully saturated rings. The average molecular weight is 239 g/mol. The SMILES string of the molecule is CSCCC(C)NC(=O)c1ncccc1N. The summed E-state index contributed by atoms with van der Waals surface area (Å²) < 4.78 is 0. The summed E-state index contributed by atoms with van der Waals surface area (Å²) in [6.07, 6.45) is 4.56. The van der Waals surface area contributed by atoms with E-state index in [-0.39, 0.29) is 11.9 Å². The van der Waals surface area contributed by atoms with Crippen LogP contribution in [0.5, 0.6) is 0 Å². The second kappa shape index (κ2) is 6.37. The van der Waals surface area contributed by atoms with Crippen molar-refractivity contribution in [3.8, 4) is 0 Å². The number of nitrogen functional groups attached to an aromatic ring is 1. The number of carbonyl (C=O) groups is 1. The number of rotatable bonds is 5. The van der Waals surface area contributed by atoms with Crippen LogP contribution in [0.15, 0.2) is 18.3 Å². The zero-order chi connectivity index (χ0) is 12.0. The van der Waals surface area contributed by atoms with Gasteiger partial charge in [0.05, 0.1) is 5.69 Å². The topological polar surface area (TPSA) is 68.0 Å². The van der Waals surface area contributed by atoms with Gasteiger partial charge in [0, 0.05) is 12.2 Å². The van der Waals surface area contributed by atoms with E-state index >= 15 is 0 Å². The average Bonchev–Trinajstić information content (AvgIpc) is 2.26. The van der Waals surface area contributed by atoms with Crippen molar-refractivity contribution in [2.45, 2.75) is 19.4 Å². The van der Waals surface area contributed by atoms with E-state index in [2.05, 4.69) is 10.3 Å².